The second-order valence-electron chi connectivity index (χ2n) is 4.24. The average molecular weight is 288 g/mol. The number of ketones is 1. The molecule has 0 radical (unpaired) electrons. The van der Waals surface area contributed by atoms with E-state index in [2.05, 4.69) is 4.74 Å². The molecule has 108 valence electrons. The third kappa shape index (κ3) is 3.08. The van der Waals surface area contributed by atoms with Gasteiger partial charge in [0.05, 0.1) is 25.3 Å². The normalized spacial score (nSPS) is 10.0. The molecule has 0 bridgehead atoms. The first-order chi connectivity index (χ1) is 10.1. The molecular weight excluding hydrogens is 275 g/mol. The van der Waals surface area contributed by atoms with Gasteiger partial charge in [0.25, 0.3) is 0 Å². The lowest BCUT2D eigenvalue weighted by molar-refractivity contribution is 0.0600. The number of hydrogen-bond donors (Lipinski definition) is 0. The van der Waals surface area contributed by atoms with Crippen LogP contribution in [0.4, 0.5) is 4.39 Å². The van der Waals surface area contributed by atoms with E-state index in [9.17, 15) is 14.0 Å². The van der Waals surface area contributed by atoms with Crippen LogP contribution in [0, 0.1) is 5.82 Å². The van der Waals surface area contributed by atoms with Crippen LogP contribution in [0.5, 0.6) is 5.75 Å². The summed E-state index contributed by atoms with van der Waals surface area (Å²) in [7, 11) is 2.68. The number of benzene rings is 2. The second kappa shape index (κ2) is 6.17. The number of halogens is 1. The van der Waals surface area contributed by atoms with Crippen molar-refractivity contribution in [2.75, 3.05) is 14.2 Å². The molecule has 0 heterocycles. The van der Waals surface area contributed by atoms with E-state index in [1.807, 2.05) is 0 Å². The molecule has 0 unspecified atom stereocenters. The third-order valence-corrected chi connectivity index (χ3v) is 2.97. The largest absolute Gasteiger partial charge is 0.496 e. The number of ether oxygens (including phenoxy) is 2. The predicted molar refractivity (Wildman–Crippen MR) is 74.2 cm³/mol. The Hall–Kier alpha value is -2.69. The maximum Gasteiger partial charge on any atom is 0.337 e. The summed E-state index contributed by atoms with van der Waals surface area (Å²) in [4.78, 5) is 23.7. The van der Waals surface area contributed by atoms with E-state index in [1.165, 1.54) is 50.6 Å². The van der Waals surface area contributed by atoms with Gasteiger partial charge in [-0.15, -0.1) is 0 Å². The van der Waals surface area contributed by atoms with Crippen molar-refractivity contribution in [3.05, 3.63) is 65.0 Å². The van der Waals surface area contributed by atoms with Crippen LogP contribution in [0.25, 0.3) is 0 Å². The molecule has 0 amide bonds. The molecule has 2 rings (SSSR count). The highest BCUT2D eigenvalue weighted by Gasteiger charge is 2.16. The number of carbonyl (C=O) groups is 2. The summed E-state index contributed by atoms with van der Waals surface area (Å²) in [5.74, 6) is -1.11. The minimum Gasteiger partial charge on any atom is -0.496 e. The zero-order valence-corrected chi connectivity index (χ0v) is 11.6. The predicted octanol–water partition coefficient (Wildman–Crippen LogP) is 2.85. The Morgan fingerprint density at radius 3 is 2.14 bits per heavy atom. The summed E-state index contributed by atoms with van der Waals surface area (Å²) in [6.45, 7) is 0. The van der Waals surface area contributed by atoms with E-state index >= 15 is 0 Å². The smallest absolute Gasteiger partial charge is 0.337 e. The molecule has 0 aliphatic rings. The molecule has 0 atom stereocenters. The van der Waals surface area contributed by atoms with Crippen molar-refractivity contribution in [1.29, 1.82) is 0 Å². The fourth-order valence-corrected chi connectivity index (χ4v) is 1.89. The number of hydrogen-bond acceptors (Lipinski definition) is 4. The van der Waals surface area contributed by atoms with Crippen LogP contribution in [-0.2, 0) is 4.74 Å². The lowest BCUT2D eigenvalue weighted by atomic mass is 10.0. The molecule has 0 saturated heterocycles. The molecule has 2 aromatic rings. The Morgan fingerprint density at radius 2 is 1.57 bits per heavy atom. The van der Waals surface area contributed by atoms with Gasteiger partial charge in [-0.05, 0) is 30.3 Å². The van der Waals surface area contributed by atoms with Gasteiger partial charge in [-0.1, -0.05) is 12.1 Å². The summed E-state index contributed by atoms with van der Waals surface area (Å²) in [6.07, 6.45) is 0. The van der Waals surface area contributed by atoms with E-state index in [4.69, 9.17) is 4.74 Å². The molecule has 0 N–H and O–H groups in total. The van der Waals surface area contributed by atoms with Crippen LogP contribution >= 0.6 is 0 Å². The molecule has 0 spiro atoms. The Bertz CT molecular complexity index is 677. The van der Waals surface area contributed by atoms with Gasteiger partial charge in [0, 0.05) is 5.56 Å². The number of methoxy groups -OCH3 is 2. The molecule has 0 fully saturated rings. The van der Waals surface area contributed by atoms with Gasteiger partial charge in [0.2, 0.25) is 0 Å². The molecule has 5 heteroatoms. The highest BCUT2D eigenvalue weighted by Crippen LogP contribution is 2.23. The van der Waals surface area contributed by atoms with Crippen molar-refractivity contribution >= 4 is 11.8 Å². The van der Waals surface area contributed by atoms with Gasteiger partial charge in [0.1, 0.15) is 11.6 Å². The fourth-order valence-electron chi connectivity index (χ4n) is 1.89. The standard InChI is InChI=1S/C16H13FO4/c1-20-14-8-7-12(17)9-13(14)15(18)10-3-5-11(6-4-10)16(19)21-2/h3-9H,1-2H3. The second-order valence-corrected chi connectivity index (χ2v) is 4.24. The van der Waals surface area contributed by atoms with Crippen molar-refractivity contribution in [2.45, 2.75) is 0 Å². The Kier molecular flexibility index (Phi) is 4.33. The average Bonchev–Trinajstić information content (AvgIpc) is 2.53. The Balaban J connectivity index is 2.36. The van der Waals surface area contributed by atoms with Gasteiger partial charge in [-0.25, -0.2) is 9.18 Å². The van der Waals surface area contributed by atoms with Crippen molar-refractivity contribution in [3.8, 4) is 5.75 Å². The van der Waals surface area contributed by atoms with E-state index in [-0.39, 0.29) is 11.3 Å². The zero-order valence-electron chi connectivity index (χ0n) is 11.6. The van der Waals surface area contributed by atoms with Crippen LogP contribution in [-0.4, -0.2) is 26.0 Å². The van der Waals surface area contributed by atoms with E-state index in [0.29, 0.717) is 16.9 Å². The lowest BCUT2D eigenvalue weighted by Crippen LogP contribution is -2.06. The minimum atomic E-state index is -0.523. The molecule has 0 saturated carbocycles. The van der Waals surface area contributed by atoms with E-state index in [1.54, 1.807) is 0 Å². The quantitative estimate of drug-likeness (QED) is 0.641. The van der Waals surface area contributed by atoms with Crippen molar-refractivity contribution < 1.29 is 23.5 Å². The van der Waals surface area contributed by atoms with Gasteiger partial charge in [-0.2, -0.15) is 0 Å². The Labute approximate surface area is 121 Å². The topological polar surface area (TPSA) is 52.6 Å². The van der Waals surface area contributed by atoms with E-state index in [0.717, 1.165) is 6.07 Å². The summed E-state index contributed by atoms with van der Waals surface area (Å²) in [5.41, 5.74) is 0.787. The molecule has 2 aromatic carbocycles. The van der Waals surface area contributed by atoms with Gasteiger partial charge < -0.3 is 9.47 Å². The van der Waals surface area contributed by atoms with Crippen molar-refractivity contribution in [1.82, 2.24) is 0 Å². The van der Waals surface area contributed by atoms with Crippen molar-refractivity contribution in [2.24, 2.45) is 0 Å². The fraction of sp³-hybridized carbons (Fsp3) is 0.125. The first-order valence-corrected chi connectivity index (χ1v) is 6.13. The molecule has 21 heavy (non-hydrogen) atoms. The van der Waals surface area contributed by atoms with Gasteiger partial charge in [0.15, 0.2) is 5.78 Å². The number of carbonyl (C=O) groups excluding carboxylic acids is 2. The number of rotatable bonds is 4. The van der Waals surface area contributed by atoms with Crippen LogP contribution in [0.2, 0.25) is 0 Å². The summed E-state index contributed by atoms with van der Waals surface area (Å²) in [6, 6.07) is 9.66. The molecule has 0 aliphatic heterocycles. The molecule has 4 nitrogen and oxygen atoms in total. The van der Waals surface area contributed by atoms with Crippen molar-refractivity contribution in [3.63, 3.8) is 0 Å². The number of esters is 1. The van der Waals surface area contributed by atoms with Crippen LogP contribution in [0.3, 0.4) is 0 Å². The maximum atomic E-state index is 13.3. The highest BCUT2D eigenvalue weighted by molar-refractivity contribution is 6.11. The maximum absolute atomic E-state index is 13.3. The van der Waals surface area contributed by atoms with Gasteiger partial charge in [-0.3, -0.25) is 4.79 Å². The SMILES string of the molecule is COC(=O)c1ccc(C(=O)c2cc(F)ccc2OC)cc1. The first kappa shape index (κ1) is 14.7. The first-order valence-electron chi connectivity index (χ1n) is 6.13. The van der Waals surface area contributed by atoms with E-state index < -0.39 is 11.8 Å². The zero-order chi connectivity index (χ0) is 15.4. The van der Waals surface area contributed by atoms with Crippen LogP contribution in [0.15, 0.2) is 42.5 Å². The van der Waals surface area contributed by atoms with Gasteiger partial charge >= 0.3 is 5.97 Å². The minimum absolute atomic E-state index is 0.128. The molecule has 0 aromatic heterocycles. The molecular formula is C16H13FO4. The Morgan fingerprint density at radius 1 is 0.952 bits per heavy atom. The monoisotopic (exact) mass is 288 g/mol. The summed E-state index contributed by atoms with van der Waals surface area (Å²) >= 11 is 0. The molecule has 0 aliphatic carbocycles. The van der Waals surface area contributed by atoms with Crippen LogP contribution in [0.1, 0.15) is 26.3 Å². The van der Waals surface area contributed by atoms with Crippen LogP contribution < -0.4 is 4.74 Å². The summed E-state index contributed by atoms with van der Waals surface area (Å²) in [5, 5.41) is 0. The summed E-state index contributed by atoms with van der Waals surface area (Å²) < 4.78 is 22.9. The lowest BCUT2D eigenvalue weighted by Gasteiger charge is -2.08. The highest BCUT2D eigenvalue weighted by atomic mass is 19.1. The third-order valence-electron chi connectivity index (χ3n) is 2.97.